The predicted octanol–water partition coefficient (Wildman–Crippen LogP) is 3.88. The molecule has 0 radical (unpaired) electrons. The van der Waals surface area contributed by atoms with Crippen LogP contribution in [-0.4, -0.2) is 13.3 Å². The van der Waals surface area contributed by atoms with E-state index in [0.29, 0.717) is 0 Å². The Morgan fingerprint density at radius 2 is 2.00 bits per heavy atom. The normalized spacial score (nSPS) is 12.8. The first-order valence-corrected chi connectivity index (χ1v) is 6.45. The SMILES string of the molecule is CCCCC#CC(C)(OC(=O)OC)c1ccccc1. The quantitative estimate of drug-likeness (QED) is 0.468. The molecule has 0 fully saturated rings. The average Bonchev–Trinajstić information content (AvgIpc) is 2.44. The Hall–Kier alpha value is -1.95. The summed E-state index contributed by atoms with van der Waals surface area (Å²) in [7, 11) is 1.29. The van der Waals surface area contributed by atoms with Crippen LogP contribution in [0.1, 0.15) is 38.7 Å². The highest BCUT2D eigenvalue weighted by molar-refractivity contribution is 5.61. The Morgan fingerprint density at radius 1 is 1.32 bits per heavy atom. The maximum Gasteiger partial charge on any atom is 0.509 e. The molecule has 3 heteroatoms. The van der Waals surface area contributed by atoms with Crippen molar-refractivity contribution in [1.82, 2.24) is 0 Å². The van der Waals surface area contributed by atoms with Gasteiger partial charge in [0.15, 0.2) is 5.60 Å². The standard InChI is InChI=1S/C16H20O3/c1-4-5-6-10-13-16(2,19-15(17)18-3)14-11-8-7-9-12-14/h7-9,11-12H,4-6H2,1-3H3. The van der Waals surface area contributed by atoms with Gasteiger partial charge in [0.2, 0.25) is 0 Å². The Balaban J connectivity index is 2.95. The lowest BCUT2D eigenvalue weighted by Crippen LogP contribution is -2.27. The van der Waals surface area contributed by atoms with E-state index in [1.165, 1.54) is 7.11 Å². The molecule has 1 atom stereocenters. The average molecular weight is 260 g/mol. The molecule has 1 rings (SSSR count). The van der Waals surface area contributed by atoms with Gasteiger partial charge in [-0.25, -0.2) is 4.79 Å². The molecule has 0 heterocycles. The molecule has 0 bridgehead atoms. The highest BCUT2D eigenvalue weighted by Crippen LogP contribution is 2.25. The van der Waals surface area contributed by atoms with Crippen LogP contribution in [0.15, 0.2) is 30.3 Å². The first-order chi connectivity index (χ1) is 9.12. The fourth-order valence-corrected chi connectivity index (χ4v) is 1.62. The van der Waals surface area contributed by atoms with Crippen LogP contribution in [-0.2, 0) is 15.1 Å². The number of carbonyl (C=O) groups excluding carboxylic acids is 1. The number of unbranched alkanes of at least 4 members (excludes halogenated alkanes) is 2. The maximum absolute atomic E-state index is 11.4. The lowest BCUT2D eigenvalue weighted by molar-refractivity contribution is 0.0114. The maximum atomic E-state index is 11.4. The molecule has 0 aromatic heterocycles. The highest BCUT2D eigenvalue weighted by Gasteiger charge is 2.29. The van der Waals surface area contributed by atoms with Crippen molar-refractivity contribution in [3.8, 4) is 11.8 Å². The summed E-state index contributed by atoms with van der Waals surface area (Å²) in [5.41, 5.74) is -0.133. The minimum absolute atomic E-state index is 0.726. The van der Waals surface area contributed by atoms with E-state index in [4.69, 9.17) is 4.74 Å². The van der Waals surface area contributed by atoms with E-state index in [1.807, 2.05) is 30.3 Å². The van der Waals surface area contributed by atoms with Crippen LogP contribution in [0.4, 0.5) is 4.79 Å². The molecule has 3 nitrogen and oxygen atoms in total. The van der Waals surface area contributed by atoms with Crippen molar-refractivity contribution in [2.75, 3.05) is 7.11 Å². The van der Waals surface area contributed by atoms with Gasteiger partial charge in [-0.3, -0.25) is 0 Å². The molecule has 19 heavy (non-hydrogen) atoms. The fourth-order valence-electron chi connectivity index (χ4n) is 1.62. The third-order valence-electron chi connectivity index (χ3n) is 2.76. The Labute approximate surface area is 114 Å². The Morgan fingerprint density at radius 3 is 2.58 bits per heavy atom. The molecule has 0 aliphatic heterocycles. The summed E-state index contributed by atoms with van der Waals surface area (Å²) in [6, 6.07) is 9.46. The van der Waals surface area contributed by atoms with Gasteiger partial charge in [0.05, 0.1) is 7.11 Å². The molecule has 0 saturated heterocycles. The first kappa shape index (κ1) is 15.1. The van der Waals surface area contributed by atoms with Gasteiger partial charge in [0.25, 0.3) is 0 Å². The zero-order valence-corrected chi connectivity index (χ0v) is 11.7. The highest BCUT2D eigenvalue weighted by atomic mass is 16.7. The second kappa shape index (κ2) is 7.48. The molecule has 0 saturated carbocycles. The summed E-state index contributed by atoms with van der Waals surface area (Å²) in [6.07, 6.45) is 2.20. The van der Waals surface area contributed by atoms with Crippen LogP contribution in [0.3, 0.4) is 0 Å². The molecular weight excluding hydrogens is 240 g/mol. The van der Waals surface area contributed by atoms with Crippen molar-refractivity contribution in [2.45, 2.75) is 38.7 Å². The number of hydrogen-bond donors (Lipinski definition) is 0. The lowest BCUT2D eigenvalue weighted by atomic mass is 9.96. The van der Waals surface area contributed by atoms with Gasteiger partial charge in [-0.1, -0.05) is 55.5 Å². The topological polar surface area (TPSA) is 35.5 Å². The Kier molecular flexibility index (Phi) is 5.95. The number of carbonyl (C=O) groups is 1. The molecule has 1 unspecified atom stereocenters. The van der Waals surface area contributed by atoms with E-state index in [-0.39, 0.29) is 0 Å². The van der Waals surface area contributed by atoms with Crippen LogP contribution in [0.5, 0.6) is 0 Å². The van der Waals surface area contributed by atoms with Gasteiger partial charge in [-0.2, -0.15) is 0 Å². The number of hydrogen-bond acceptors (Lipinski definition) is 3. The van der Waals surface area contributed by atoms with Crippen molar-refractivity contribution in [3.05, 3.63) is 35.9 Å². The van der Waals surface area contributed by atoms with Crippen molar-refractivity contribution in [1.29, 1.82) is 0 Å². The lowest BCUT2D eigenvalue weighted by Gasteiger charge is -2.23. The summed E-state index contributed by atoms with van der Waals surface area (Å²) in [4.78, 5) is 11.4. The van der Waals surface area contributed by atoms with E-state index in [0.717, 1.165) is 24.8 Å². The summed E-state index contributed by atoms with van der Waals surface area (Å²) >= 11 is 0. The van der Waals surface area contributed by atoms with Crippen LogP contribution in [0.25, 0.3) is 0 Å². The molecule has 0 N–H and O–H groups in total. The van der Waals surface area contributed by atoms with E-state index < -0.39 is 11.8 Å². The van der Waals surface area contributed by atoms with Crippen molar-refractivity contribution < 1.29 is 14.3 Å². The zero-order chi connectivity index (χ0) is 14.1. The molecule has 0 spiro atoms. The summed E-state index contributed by atoms with van der Waals surface area (Å²) < 4.78 is 9.88. The largest absolute Gasteiger partial charge is 0.509 e. The number of ether oxygens (including phenoxy) is 2. The molecular formula is C16H20O3. The molecule has 0 amide bonds. The van der Waals surface area contributed by atoms with Gasteiger partial charge in [-0.15, -0.1) is 0 Å². The van der Waals surface area contributed by atoms with Crippen LogP contribution in [0.2, 0.25) is 0 Å². The van der Waals surface area contributed by atoms with Crippen LogP contribution < -0.4 is 0 Å². The number of benzene rings is 1. The smallest absolute Gasteiger partial charge is 0.438 e. The first-order valence-electron chi connectivity index (χ1n) is 6.45. The molecule has 102 valence electrons. The van der Waals surface area contributed by atoms with Gasteiger partial charge in [-0.05, 0) is 13.3 Å². The molecule has 1 aromatic carbocycles. The minimum Gasteiger partial charge on any atom is -0.438 e. The summed E-state index contributed by atoms with van der Waals surface area (Å²) in [5, 5.41) is 0. The van der Waals surface area contributed by atoms with E-state index in [9.17, 15) is 4.79 Å². The van der Waals surface area contributed by atoms with Crippen LogP contribution >= 0.6 is 0 Å². The van der Waals surface area contributed by atoms with E-state index >= 15 is 0 Å². The van der Waals surface area contributed by atoms with Gasteiger partial charge in [0, 0.05) is 12.0 Å². The molecule has 0 aliphatic carbocycles. The summed E-state index contributed by atoms with van der Waals surface area (Å²) in [5.74, 6) is 6.11. The third-order valence-corrected chi connectivity index (χ3v) is 2.76. The second-order valence-corrected chi connectivity index (χ2v) is 4.36. The van der Waals surface area contributed by atoms with Crippen molar-refractivity contribution in [3.63, 3.8) is 0 Å². The zero-order valence-electron chi connectivity index (χ0n) is 11.7. The monoisotopic (exact) mass is 260 g/mol. The minimum atomic E-state index is -0.970. The number of rotatable bonds is 4. The molecule has 1 aromatic rings. The van der Waals surface area contributed by atoms with Gasteiger partial charge < -0.3 is 9.47 Å². The van der Waals surface area contributed by atoms with E-state index in [2.05, 4.69) is 23.5 Å². The third kappa shape index (κ3) is 4.67. The van der Waals surface area contributed by atoms with Crippen molar-refractivity contribution >= 4 is 6.16 Å². The second-order valence-electron chi connectivity index (χ2n) is 4.36. The number of methoxy groups -OCH3 is 1. The Bertz CT molecular complexity index is 456. The predicted molar refractivity (Wildman–Crippen MR) is 74.6 cm³/mol. The fraction of sp³-hybridized carbons (Fsp3) is 0.438. The van der Waals surface area contributed by atoms with Crippen LogP contribution in [0, 0.1) is 11.8 Å². The van der Waals surface area contributed by atoms with Gasteiger partial charge >= 0.3 is 6.16 Å². The molecule has 0 aliphatic rings. The van der Waals surface area contributed by atoms with Crippen molar-refractivity contribution in [2.24, 2.45) is 0 Å². The summed E-state index contributed by atoms with van der Waals surface area (Å²) in [6.45, 7) is 3.89. The van der Waals surface area contributed by atoms with Gasteiger partial charge in [0.1, 0.15) is 0 Å². The van der Waals surface area contributed by atoms with E-state index in [1.54, 1.807) is 6.92 Å².